The van der Waals surface area contributed by atoms with Crippen LogP contribution in [0.15, 0.2) is 0 Å². The van der Waals surface area contributed by atoms with Crippen LogP contribution in [0.2, 0.25) is 0 Å². The van der Waals surface area contributed by atoms with E-state index < -0.39 is 7.82 Å². The second-order valence-corrected chi connectivity index (χ2v) is 9.15. The fraction of sp³-hybridized carbons (Fsp3) is 1.00. The standard InChI is InChI=1S/C19H40BrO4P/c1-3-4-5-6-7-8-9-10-11-12-13-14-15-16-18-23-25(21,22-2)24-19-17-20/h3-19H2,1-2H3. The van der Waals surface area contributed by atoms with Crippen molar-refractivity contribution in [3.63, 3.8) is 0 Å². The van der Waals surface area contributed by atoms with Crippen molar-refractivity contribution < 1.29 is 18.1 Å². The smallest absolute Gasteiger partial charge is 0.290 e. The van der Waals surface area contributed by atoms with Crippen molar-refractivity contribution in [3.8, 4) is 0 Å². The number of unbranched alkanes of at least 4 members (excludes halogenated alkanes) is 13. The Morgan fingerprint density at radius 1 is 0.680 bits per heavy atom. The van der Waals surface area contributed by atoms with Crippen molar-refractivity contribution in [2.45, 2.75) is 96.8 Å². The summed E-state index contributed by atoms with van der Waals surface area (Å²) < 4.78 is 27.2. The molecule has 0 saturated heterocycles. The summed E-state index contributed by atoms with van der Waals surface area (Å²) in [5, 5.41) is 0.614. The Balaban J connectivity index is 3.27. The van der Waals surface area contributed by atoms with Gasteiger partial charge in [-0.3, -0.25) is 13.6 Å². The lowest BCUT2D eigenvalue weighted by Gasteiger charge is -2.15. The predicted octanol–water partition coefficient (Wildman–Crippen LogP) is 7.65. The van der Waals surface area contributed by atoms with Crippen LogP contribution in [0.3, 0.4) is 0 Å². The van der Waals surface area contributed by atoms with Gasteiger partial charge in [0.15, 0.2) is 0 Å². The average Bonchev–Trinajstić information content (AvgIpc) is 2.63. The zero-order valence-corrected chi connectivity index (χ0v) is 19.0. The van der Waals surface area contributed by atoms with E-state index in [9.17, 15) is 4.57 Å². The second kappa shape index (κ2) is 19.4. The van der Waals surface area contributed by atoms with Gasteiger partial charge in [0.1, 0.15) is 0 Å². The van der Waals surface area contributed by atoms with Gasteiger partial charge in [0.2, 0.25) is 0 Å². The van der Waals surface area contributed by atoms with Gasteiger partial charge in [0, 0.05) is 12.4 Å². The summed E-state index contributed by atoms with van der Waals surface area (Å²) in [4.78, 5) is 0. The van der Waals surface area contributed by atoms with Crippen molar-refractivity contribution >= 4 is 23.8 Å². The number of phosphoric ester groups is 1. The quantitative estimate of drug-likeness (QED) is 0.110. The molecule has 0 N–H and O–H groups in total. The van der Waals surface area contributed by atoms with Crippen LogP contribution in [-0.4, -0.2) is 25.7 Å². The lowest BCUT2D eigenvalue weighted by atomic mass is 10.0. The van der Waals surface area contributed by atoms with Gasteiger partial charge in [-0.05, 0) is 6.42 Å². The van der Waals surface area contributed by atoms with E-state index in [1.54, 1.807) is 0 Å². The minimum absolute atomic E-state index is 0.323. The van der Waals surface area contributed by atoms with E-state index in [1.165, 1.54) is 84.2 Å². The SMILES string of the molecule is CCCCCCCCCCCCCCCCOP(=O)(OC)OCCBr. The normalized spacial score (nSPS) is 13.9. The Hall–Kier alpha value is 0.590. The molecule has 0 amide bonds. The molecular formula is C19H40BrO4P. The number of halogens is 1. The highest BCUT2D eigenvalue weighted by Crippen LogP contribution is 2.48. The van der Waals surface area contributed by atoms with Gasteiger partial charge in [0.25, 0.3) is 0 Å². The van der Waals surface area contributed by atoms with Crippen molar-refractivity contribution in [2.24, 2.45) is 0 Å². The Morgan fingerprint density at radius 2 is 1.08 bits per heavy atom. The molecule has 0 saturated carbocycles. The molecule has 25 heavy (non-hydrogen) atoms. The van der Waals surface area contributed by atoms with Gasteiger partial charge >= 0.3 is 7.82 Å². The number of hydrogen-bond acceptors (Lipinski definition) is 4. The third kappa shape index (κ3) is 17.7. The van der Waals surface area contributed by atoms with Gasteiger partial charge in [-0.2, -0.15) is 0 Å². The van der Waals surface area contributed by atoms with E-state index in [1.807, 2.05) is 0 Å². The molecule has 0 fully saturated rings. The topological polar surface area (TPSA) is 44.8 Å². The molecule has 0 spiro atoms. The van der Waals surface area contributed by atoms with Gasteiger partial charge in [-0.15, -0.1) is 0 Å². The summed E-state index contributed by atoms with van der Waals surface area (Å²) in [6.07, 6.45) is 18.4. The summed E-state index contributed by atoms with van der Waals surface area (Å²) >= 11 is 3.22. The van der Waals surface area contributed by atoms with Crippen molar-refractivity contribution in [1.29, 1.82) is 0 Å². The lowest BCUT2D eigenvalue weighted by molar-refractivity contribution is 0.135. The highest BCUT2D eigenvalue weighted by molar-refractivity contribution is 9.09. The zero-order valence-electron chi connectivity index (χ0n) is 16.5. The summed E-state index contributed by atoms with van der Waals surface area (Å²) in [6.45, 7) is 3.03. The van der Waals surface area contributed by atoms with Crippen molar-refractivity contribution in [1.82, 2.24) is 0 Å². The minimum Gasteiger partial charge on any atom is -0.290 e. The maximum absolute atomic E-state index is 12.0. The zero-order chi connectivity index (χ0) is 18.6. The van der Waals surface area contributed by atoms with E-state index in [0.717, 1.165) is 12.8 Å². The van der Waals surface area contributed by atoms with E-state index >= 15 is 0 Å². The highest BCUT2D eigenvalue weighted by Gasteiger charge is 2.23. The average molecular weight is 443 g/mol. The third-order valence-corrected chi connectivity index (χ3v) is 6.07. The molecule has 0 radical (unpaired) electrons. The Kier molecular flexibility index (Phi) is 19.8. The molecule has 0 bridgehead atoms. The molecule has 4 nitrogen and oxygen atoms in total. The van der Waals surface area contributed by atoms with Gasteiger partial charge in [0.05, 0.1) is 13.2 Å². The molecule has 0 aliphatic carbocycles. The fourth-order valence-electron chi connectivity index (χ4n) is 2.76. The molecule has 6 heteroatoms. The van der Waals surface area contributed by atoms with Crippen molar-refractivity contribution in [2.75, 3.05) is 25.7 Å². The first-order valence-electron chi connectivity index (χ1n) is 10.2. The number of hydrogen-bond donors (Lipinski definition) is 0. The highest BCUT2D eigenvalue weighted by atomic mass is 79.9. The molecule has 0 aromatic heterocycles. The number of alkyl halides is 1. The van der Waals surface area contributed by atoms with Gasteiger partial charge < -0.3 is 0 Å². The van der Waals surface area contributed by atoms with Crippen molar-refractivity contribution in [3.05, 3.63) is 0 Å². The van der Waals surface area contributed by atoms with E-state index in [4.69, 9.17) is 13.6 Å². The van der Waals surface area contributed by atoms with Crippen LogP contribution in [0.1, 0.15) is 96.8 Å². The molecule has 0 heterocycles. The molecule has 0 aromatic rings. The number of rotatable bonds is 20. The molecule has 0 aromatic carbocycles. The molecule has 0 aliphatic rings. The second-order valence-electron chi connectivity index (χ2n) is 6.58. The fourth-order valence-corrected chi connectivity index (χ4v) is 4.13. The largest absolute Gasteiger partial charge is 0.474 e. The first-order valence-corrected chi connectivity index (χ1v) is 12.8. The Bertz CT molecular complexity index is 316. The van der Waals surface area contributed by atoms with E-state index in [-0.39, 0.29) is 0 Å². The summed E-state index contributed by atoms with van der Waals surface area (Å²) in [7, 11) is -1.97. The Morgan fingerprint density at radius 3 is 1.48 bits per heavy atom. The molecule has 1 unspecified atom stereocenters. The van der Waals surface area contributed by atoms with Crippen LogP contribution in [-0.2, 0) is 18.1 Å². The lowest BCUT2D eigenvalue weighted by Crippen LogP contribution is -2.01. The first-order chi connectivity index (χ1) is 12.2. The third-order valence-electron chi connectivity index (χ3n) is 4.30. The molecule has 152 valence electrons. The van der Waals surface area contributed by atoms with Crippen LogP contribution in [0.25, 0.3) is 0 Å². The minimum atomic E-state index is -3.33. The number of phosphoric acid groups is 1. The Labute approximate surface area is 164 Å². The molecule has 0 rings (SSSR count). The van der Waals surface area contributed by atoms with Crippen LogP contribution in [0.4, 0.5) is 0 Å². The maximum Gasteiger partial charge on any atom is 0.474 e. The van der Waals surface area contributed by atoms with Crippen LogP contribution < -0.4 is 0 Å². The molecular weight excluding hydrogens is 403 g/mol. The van der Waals surface area contributed by atoms with Gasteiger partial charge in [-0.25, -0.2) is 4.57 Å². The maximum atomic E-state index is 12.0. The summed E-state index contributed by atoms with van der Waals surface area (Å²) in [5.74, 6) is 0. The molecule has 1 atom stereocenters. The summed E-state index contributed by atoms with van der Waals surface area (Å²) in [6, 6.07) is 0. The monoisotopic (exact) mass is 442 g/mol. The van der Waals surface area contributed by atoms with E-state index in [0.29, 0.717) is 18.5 Å². The summed E-state index contributed by atoms with van der Waals surface area (Å²) in [5.41, 5.74) is 0. The molecule has 0 aliphatic heterocycles. The van der Waals surface area contributed by atoms with Crippen LogP contribution in [0, 0.1) is 0 Å². The van der Waals surface area contributed by atoms with Gasteiger partial charge in [-0.1, -0.05) is 106 Å². The van der Waals surface area contributed by atoms with Crippen LogP contribution in [0.5, 0.6) is 0 Å². The first kappa shape index (κ1) is 25.6. The van der Waals surface area contributed by atoms with E-state index in [2.05, 4.69) is 22.9 Å². The van der Waals surface area contributed by atoms with Crippen LogP contribution >= 0.6 is 23.8 Å². The predicted molar refractivity (Wildman–Crippen MR) is 111 cm³/mol.